The van der Waals surface area contributed by atoms with Crippen molar-refractivity contribution in [1.29, 1.82) is 0 Å². The highest BCUT2D eigenvalue weighted by Gasteiger charge is 2.02. The molecular formula is C9H21NO. The summed E-state index contributed by atoms with van der Waals surface area (Å²) in [6, 6.07) is 0.520. The smallest absolute Gasteiger partial charge is 0.0445 e. The molecule has 0 fully saturated rings. The molecule has 11 heavy (non-hydrogen) atoms. The van der Waals surface area contributed by atoms with E-state index in [0.717, 1.165) is 19.4 Å². The largest absolute Gasteiger partial charge is 0.396 e. The molecule has 0 aromatic heterocycles. The van der Waals surface area contributed by atoms with E-state index in [9.17, 15) is 0 Å². The molecule has 0 aromatic rings. The minimum absolute atomic E-state index is 0.303. The summed E-state index contributed by atoms with van der Waals surface area (Å²) in [5, 5.41) is 12.1. The molecule has 0 bridgehead atoms. The third-order valence-corrected chi connectivity index (χ3v) is 1.93. The fourth-order valence-electron chi connectivity index (χ4n) is 1.09. The molecule has 2 nitrogen and oxygen atoms in total. The SMILES string of the molecule is CCCCNC(CC)CCO. The van der Waals surface area contributed by atoms with Crippen LogP contribution >= 0.6 is 0 Å². The second-order valence-electron chi connectivity index (χ2n) is 2.93. The van der Waals surface area contributed by atoms with E-state index >= 15 is 0 Å². The minimum atomic E-state index is 0.303. The molecule has 68 valence electrons. The van der Waals surface area contributed by atoms with Crippen molar-refractivity contribution in [2.75, 3.05) is 13.2 Å². The Labute approximate surface area is 70.0 Å². The van der Waals surface area contributed by atoms with E-state index in [1.807, 2.05) is 0 Å². The average molecular weight is 159 g/mol. The summed E-state index contributed by atoms with van der Waals surface area (Å²) in [6.07, 6.45) is 4.48. The van der Waals surface area contributed by atoms with Crippen molar-refractivity contribution in [2.24, 2.45) is 0 Å². The Kier molecular flexibility index (Phi) is 7.96. The first-order chi connectivity index (χ1) is 5.35. The van der Waals surface area contributed by atoms with Crippen LogP contribution in [-0.4, -0.2) is 24.3 Å². The highest BCUT2D eigenvalue weighted by molar-refractivity contribution is 4.63. The van der Waals surface area contributed by atoms with Gasteiger partial charge in [-0.15, -0.1) is 0 Å². The molecule has 0 amide bonds. The number of hydrogen-bond donors (Lipinski definition) is 2. The highest BCUT2D eigenvalue weighted by Crippen LogP contribution is 1.96. The number of aliphatic hydroxyl groups is 1. The third-order valence-electron chi connectivity index (χ3n) is 1.93. The van der Waals surface area contributed by atoms with Gasteiger partial charge >= 0.3 is 0 Å². The van der Waals surface area contributed by atoms with Crippen LogP contribution in [0.4, 0.5) is 0 Å². The van der Waals surface area contributed by atoms with Crippen LogP contribution in [0.5, 0.6) is 0 Å². The summed E-state index contributed by atoms with van der Waals surface area (Å²) < 4.78 is 0. The van der Waals surface area contributed by atoms with Crippen LogP contribution in [0.25, 0.3) is 0 Å². The first-order valence-corrected chi connectivity index (χ1v) is 4.69. The summed E-state index contributed by atoms with van der Waals surface area (Å²) >= 11 is 0. The zero-order chi connectivity index (χ0) is 8.53. The fourth-order valence-corrected chi connectivity index (χ4v) is 1.09. The van der Waals surface area contributed by atoms with Crippen molar-refractivity contribution in [1.82, 2.24) is 5.32 Å². The van der Waals surface area contributed by atoms with Crippen LogP contribution in [0.1, 0.15) is 39.5 Å². The Hall–Kier alpha value is -0.0800. The van der Waals surface area contributed by atoms with Crippen molar-refractivity contribution in [3.05, 3.63) is 0 Å². The minimum Gasteiger partial charge on any atom is -0.396 e. The van der Waals surface area contributed by atoms with Crippen molar-refractivity contribution in [3.63, 3.8) is 0 Å². The zero-order valence-corrected chi connectivity index (χ0v) is 7.77. The molecule has 2 N–H and O–H groups in total. The lowest BCUT2D eigenvalue weighted by atomic mass is 10.1. The normalized spacial score (nSPS) is 13.4. The molecule has 0 rings (SSSR count). The molecule has 1 unspecified atom stereocenters. The summed E-state index contributed by atoms with van der Waals surface area (Å²) in [5.41, 5.74) is 0. The van der Waals surface area contributed by atoms with E-state index in [4.69, 9.17) is 5.11 Å². The Morgan fingerprint density at radius 1 is 1.36 bits per heavy atom. The number of nitrogens with one attached hydrogen (secondary N) is 1. The van der Waals surface area contributed by atoms with E-state index in [-0.39, 0.29) is 0 Å². The van der Waals surface area contributed by atoms with Crippen molar-refractivity contribution in [3.8, 4) is 0 Å². The monoisotopic (exact) mass is 159 g/mol. The second kappa shape index (κ2) is 8.02. The third kappa shape index (κ3) is 6.32. The summed E-state index contributed by atoms with van der Waals surface area (Å²) in [5.74, 6) is 0. The maximum atomic E-state index is 8.68. The fraction of sp³-hybridized carbons (Fsp3) is 1.00. The zero-order valence-electron chi connectivity index (χ0n) is 7.77. The van der Waals surface area contributed by atoms with Crippen LogP contribution in [0.2, 0.25) is 0 Å². The molecule has 0 saturated carbocycles. The first-order valence-electron chi connectivity index (χ1n) is 4.69. The van der Waals surface area contributed by atoms with Gasteiger partial charge in [-0.3, -0.25) is 0 Å². The molecule has 0 aliphatic carbocycles. The van der Waals surface area contributed by atoms with Gasteiger partial charge in [0.2, 0.25) is 0 Å². The summed E-state index contributed by atoms with van der Waals surface area (Å²) in [6.45, 7) is 5.74. The van der Waals surface area contributed by atoms with Crippen molar-refractivity contribution in [2.45, 2.75) is 45.6 Å². The predicted octanol–water partition coefficient (Wildman–Crippen LogP) is 1.54. The van der Waals surface area contributed by atoms with Gasteiger partial charge in [-0.2, -0.15) is 0 Å². The molecule has 0 aliphatic heterocycles. The predicted molar refractivity (Wildman–Crippen MR) is 48.7 cm³/mol. The van der Waals surface area contributed by atoms with Crippen LogP contribution in [0.3, 0.4) is 0 Å². The molecular weight excluding hydrogens is 138 g/mol. The molecule has 0 heterocycles. The van der Waals surface area contributed by atoms with Gasteiger partial charge in [-0.05, 0) is 25.8 Å². The van der Waals surface area contributed by atoms with E-state index in [0.29, 0.717) is 12.6 Å². The molecule has 0 saturated heterocycles. The van der Waals surface area contributed by atoms with Gasteiger partial charge in [0.15, 0.2) is 0 Å². The Balaban J connectivity index is 3.20. The Morgan fingerprint density at radius 2 is 2.09 bits per heavy atom. The number of aliphatic hydroxyl groups excluding tert-OH is 1. The van der Waals surface area contributed by atoms with Gasteiger partial charge in [0.25, 0.3) is 0 Å². The first kappa shape index (κ1) is 10.9. The lowest BCUT2D eigenvalue weighted by Crippen LogP contribution is -2.30. The lowest BCUT2D eigenvalue weighted by molar-refractivity contribution is 0.262. The molecule has 0 aliphatic rings. The van der Waals surface area contributed by atoms with Crippen LogP contribution in [0, 0.1) is 0 Å². The number of unbranched alkanes of at least 4 members (excludes halogenated alkanes) is 1. The van der Waals surface area contributed by atoms with Gasteiger partial charge in [0, 0.05) is 12.6 Å². The molecule has 1 atom stereocenters. The van der Waals surface area contributed by atoms with Gasteiger partial charge < -0.3 is 10.4 Å². The molecule has 0 radical (unpaired) electrons. The van der Waals surface area contributed by atoms with Gasteiger partial charge in [0.05, 0.1) is 0 Å². The van der Waals surface area contributed by atoms with Crippen LogP contribution in [0.15, 0.2) is 0 Å². The molecule has 2 heteroatoms. The van der Waals surface area contributed by atoms with E-state index in [2.05, 4.69) is 19.2 Å². The van der Waals surface area contributed by atoms with Gasteiger partial charge in [-0.25, -0.2) is 0 Å². The molecule has 0 spiro atoms. The Bertz CT molecular complexity index is 76.0. The maximum Gasteiger partial charge on any atom is 0.0445 e. The van der Waals surface area contributed by atoms with Crippen LogP contribution < -0.4 is 5.32 Å². The van der Waals surface area contributed by atoms with Gasteiger partial charge in [0.1, 0.15) is 0 Å². The standard InChI is InChI=1S/C9H21NO/c1-3-5-7-10-9(4-2)6-8-11/h9-11H,3-8H2,1-2H3. The van der Waals surface area contributed by atoms with Gasteiger partial charge in [-0.1, -0.05) is 20.3 Å². The van der Waals surface area contributed by atoms with E-state index < -0.39 is 0 Å². The molecule has 0 aromatic carbocycles. The highest BCUT2D eigenvalue weighted by atomic mass is 16.3. The quantitative estimate of drug-likeness (QED) is 0.552. The second-order valence-corrected chi connectivity index (χ2v) is 2.93. The topological polar surface area (TPSA) is 32.3 Å². The number of hydrogen-bond acceptors (Lipinski definition) is 2. The summed E-state index contributed by atoms with van der Waals surface area (Å²) in [7, 11) is 0. The van der Waals surface area contributed by atoms with Crippen LogP contribution in [-0.2, 0) is 0 Å². The number of rotatable bonds is 7. The average Bonchev–Trinajstić information content (AvgIpc) is 2.03. The van der Waals surface area contributed by atoms with E-state index in [1.165, 1.54) is 12.8 Å². The maximum absolute atomic E-state index is 8.68. The summed E-state index contributed by atoms with van der Waals surface area (Å²) in [4.78, 5) is 0. The lowest BCUT2D eigenvalue weighted by Gasteiger charge is -2.14. The van der Waals surface area contributed by atoms with Crippen molar-refractivity contribution >= 4 is 0 Å². The van der Waals surface area contributed by atoms with E-state index in [1.54, 1.807) is 0 Å². The van der Waals surface area contributed by atoms with Crippen molar-refractivity contribution < 1.29 is 5.11 Å². The Morgan fingerprint density at radius 3 is 2.55 bits per heavy atom.